The molecule has 0 amide bonds. The largest absolute Gasteiger partial charge is 0.455 e. The fourth-order valence-electron chi connectivity index (χ4n) is 9.25. The van der Waals surface area contributed by atoms with Gasteiger partial charge in [0, 0.05) is 55.3 Å². The summed E-state index contributed by atoms with van der Waals surface area (Å²) in [6, 6.07) is 83.9. The lowest BCUT2D eigenvalue weighted by atomic mass is 9.99. The molecule has 3 heterocycles. The van der Waals surface area contributed by atoms with Gasteiger partial charge in [-0.05, 0) is 95.6 Å². The van der Waals surface area contributed by atoms with Crippen LogP contribution in [0.25, 0.3) is 94.2 Å². The highest BCUT2D eigenvalue weighted by atomic mass is 16.3. The summed E-state index contributed by atoms with van der Waals surface area (Å²) in [6.45, 7) is 0. The average molecular weight is 806 g/mol. The third-order valence-electron chi connectivity index (χ3n) is 12.2. The molecule has 0 fully saturated rings. The average Bonchev–Trinajstić information content (AvgIpc) is 3.91. The van der Waals surface area contributed by atoms with Crippen LogP contribution in [0.3, 0.4) is 0 Å². The summed E-state index contributed by atoms with van der Waals surface area (Å²) in [5.74, 6) is 0. The molecule has 0 atom stereocenters. The van der Waals surface area contributed by atoms with Crippen molar-refractivity contribution in [3.05, 3.63) is 237 Å². The van der Waals surface area contributed by atoms with Crippen LogP contribution < -0.4 is 4.90 Å². The number of hydrogen-bond acceptors (Lipinski definition) is 3. The van der Waals surface area contributed by atoms with E-state index in [0.717, 1.165) is 111 Å². The lowest BCUT2D eigenvalue weighted by Crippen LogP contribution is -2.10. The second-order valence-electron chi connectivity index (χ2n) is 15.9. The molecule has 0 aliphatic heterocycles. The van der Waals surface area contributed by atoms with Crippen LogP contribution in [0.2, 0.25) is 0 Å². The van der Waals surface area contributed by atoms with Crippen molar-refractivity contribution in [2.45, 2.75) is 0 Å². The summed E-state index contributed by atoms with van der Waals surface area (Å²) in [5, 5.41) is 4.55. The maximum absolute atomic E-state index is 6.46. The van der Waals surface area contributed by atoms with E-state index in [-0.39, 0.29) is 0 Å². The summed E-state index contributed by atoms with van der Waals surface area (Å²) in [7, 11) is 0. The van der Waals surface area contributed by atoms with Gasteiger partial charge in [0.15, 0.2) is 0 Å². The van der Waals surface area contributed by atoms with E-state index >= 15 is 0 Å². The predicted octanol–water partition coefficient (Wildman–Crippen LogP) is 16.2. The lowest BCUT2D eigenvalue weighted by molar-refractivity contribution is 0.670. The van der Waals surface area contributed by atoms with Crippen LogP contribution in [0.5, 0.6) is 0 Å². The number of nitrogens with zero attached hydrogens (tertiary/aromatic N) is 3. The lowest BCUT2D eigenvalue weighted by Gasteiger charge is -2.26. The van der Waals surface area contributed by atoms with Gasteiger partial charge in [0.05, 0.1) is 28.1 Å². The Labute approximate surface area is 365 Å². The molecule has 296 valence electrons. The summed E-state index contributed by atoms with van der Waals surface area (Å²) >= 11 is 0. The maximum Gasteiger partial charge on any atom is 0.143 e. The zero-order valence-corrected chi connectivity index (χ0v) is 34.3. The van der Waals surface area contributed by atoms with E-state index in [0.29, 0.717) is 0 Å². The fraction of sp³-hybridized carbons (Fsp3) is 0. The fourth-order valence-corrected chi connectivity index (χ4v) is 9.25. The Bertz CT molecular complexity index is 3540. The first kappa shape index (κ1) is 36.4. The topological polar surface area (TPSA) is 34.2 Å². The summed E-state index contributed by atoms with van der Waals surface area (Å²) in [6.07, 6.45) is 0. The number of aromatic nitrogens is 2. The van der Waals surface area contributed by atoms with Gasteiger partial charge >= 0.3 is 0 Å². The molecule has 12 rings (SSSR count). The van der Waals surface area contributed by atoms with Crippen molar-refractivity contribution in [1.82, 2.24) is 9.55 Å². The Morgan fingerprint density at radius 3 is 1.75 bits per heavy atom. The Morgan fingerprint density at radius 2 is 0.984 bits per heavy atom. The normalized spacial score (nSPS) is 11.5. The SMILES string of the molecule is c1ccc(-c2cc(-c3ccccc3)nc(-c3ccc4c(c3)c3c(N(c5ccccc5)c5ccc(-c6cccc7c6oc6ccccc67)cc5)cccc3n4-c3ccccc3)c2)cc1. The van der Waals surface area contributed by atoms with Crippen LogP contribution in [0.1, 0.15) is 0 Å². The third-order valence-corrected chi connectivity index (χ3v) is 12.2. The number of pyridine rings is 1. The van der Waals surface area contributed by atoms with Crippen LogP contribution in [0.4, 0.5) is 17.1 Å². The molecule has 12 aromatic rings. The molecule has 0 aliphatic carbocycles. The molecule has 4 heteroatoms. The Kier molecular flexibility index (Phi) is 8.79. The number of furan rings is 1. The highest BCUT2D eigenvalue weighted by molar-refractivity contribution is 6.17. The Hall–Kier alpha value is -8.47. The third kappa shape index (κ3) is 6.36. The number of para-hydroxylation sites is 4. The van der Waals surface area contributed by atoms with Gasteiger partial charge in [-0.1, -0.05) is 158 Å². The number of hydrogen-bond donors (Lipinski definition) is 0. The van der Waals surface area contributed by atoms with E-state index in [4.69, 9.17) is 9.40 Å². The van der Waals surface area contributed by atoms with Gasteiger partial charge in [-0.2, -0.15) is 0 Å². The molecule has 63 heavy (non-hydrogen) atoms. The molecule has 0 N–H and O–H groups in total. The molecule has 0 aliphatic rings. The molecule has 0 bridgehead atoms. The first-order valence-electron chi connectivity index (χ1n) is 21.4. The van der Waals surface area contributed by atoms with Gasteiger partial charge in [0.2, 0.25) is 0 Å². The molecule has 0 radical (unpaired) electrons. The Morgan fingerprint density at radius 1 is 0.381 bits per heavy atom. The van der Waals surface area contributed by atoms with Crippen LogP contribution in [-0.2, 0) is 0 Å². The molecule has 0 unspecified atom stereocenters. The zero-order chi connectivity index (χ0) is 41.7. The molecular formula is C59H39N3O. The molecule has 0 saturated heterocycles. The molecule has 9 aromatic carbocycles. The van der Waals surface area contributed by atoms with Crippen LogP contribution in [-0.4, -0.2) is 9.55 Å². The van der Waals surface area contributed by atoms with Crippen molar-refractivity contribution in [1.29, 1.82) is 0 Å². The molecule has 4 nitrogen and oxygen atoms in total. The highest BCUT2D eigenvalue weighted by Gasteiger charge is 2.22. The van der Waals surface area contributed by atoms with Gasteiger partial charge in [-0.15, -0.1) is 0 Å². The summed E-state index contributed by atoms with van der Waals surface area (Å²) in [5.41, 5.74) is 16.8. The van der Waals surface area contributed by atoms with E-state index in [2.05, 4.69) is 234 Å². The van der Waals surface area contributed by atoms with Crippen molar-refractivity contribution in [3.8, 4) is 50.5 Å². The van der Waals surface area contributed by atoms with Crippen molar-refractivity contribution in [2.75, 3.05) is 4.90 Å². The quantitative estimate of drug-likeness (QED) is 0.153. The standard InChI is InChI=1S/C59H39N3O/c1-5-17-40(18-6-1)44-38-52(42-19-7-2-8-20-42)60-53(39-44)43-33-36-54-51(37-43)58-55(28-16-29-56(58)62(54)46-23-11-4-12-24-46)61(45-21-9-3-10-22-45)47-34-31-41(32-35-47)48-26-15-27-50-49-25-13-14-30-57(49)63-59(48)50/h1-39H. The highest BCUT2D eigenvalue weighted by Crippen LogP contribution is 2.46. The predicted molar refractivity (Wildman–Crippen MR) is 262 cm³/mol. The van der Waals surface area contributed by atoms with Crippen molar-refractivity contribution < 1.29 is 4.42 Å². The number of benzene rings is 9. The first-order chi connectivity index (χ1) is 31.2. The smallest absolute Gasteiger partial charge is 0.143 e. The van der Waals surface area contributed by atoms with Gasteiger partial charge in [-0.25, -0.2) is 4.98 Å². The van der Waals surface area contributed by atoms with Crippen LogP contribution >= 0.6 is 0 Å². The van der Waals surface area contributed by atoms with Gasteiger partial charge in [0.25, 0.3) is 0 Å². The molecule has 3 aromatic heterocycles. The molecule has 0 spiro atoms. The zero-order valence-electron chi connectivity index (χ0n) is 34.3. The first-order valence-corrected chi connectivity index (χ1v) is 21.4. The summed E-state index contributed by atoms with van der Waals surface area (Å²) < 4.78 is 8.85. The van der Waals surface area contributed by atoms with E-state index in [1.807, 2.05) is 12.1 Å². The van der Waals surface area contributed by atoms with E-state index < -0.39 is 0 Å². The van der Waals surface area contributed by atoms with E-state index in [1.165, 1.54) is 0 Å². The molecule has 0 saturated carbocycles. The van der Waals surface area contributed by atoms with Crippen LogP contribution in [0.15, 0.2) is 241 Å². The van der Waals surface area contributed by atoms with Crippen molar-refractivity contribution >= 4 is 60.8 Å². The second-order valence-corrected chi connectivity index (χ2v) is 15.9. The van der Waals surface area contributed by atoms with Crippen molar-refractivity contribution in [3.63, 3.8) is 0 Å². The minimum Gasteiger partial charge on any atom is -0.455 e. The molecular weight excluding hydrogens is 767 g/mol. The monoisotopic (exact) mass is 805 g/mol. The van der Waals surface area contributed by atoms with Crippen molar-refractivity contribution in [2.24, 2.45) is 0 Å². The maximum atomic E-state index is 6.46. The van der Waals surface area contributed by atoms with Gasteiger partial charge in [-0.3, -0.25) is 0 Å². The number of anilines is 3. The minimum absolute atomic E-state index is 0.897. The second kappa shape index (κ2) is 15.2. The number of fused-ring (bicyclic) bond motifs is 6. The Balaban J connectivity index is 1.07. The minimum atomic E-state index is 0.897. The van der Waals surface area contributed by atoms with Gasteiger partial charge in [0.1, 0.15) is 11.2 Å². The van der Waals surface area contributed by atoms with E-state index in [9.17, 15) is 0 Å². The van der Waals surface area contributed by atoms with Crippen LogP contribution in [0, 0.1) is 0 Å². The van der Waals surface area contributed by atoms with E-state index in [1.54, 1.807) is 0 Å². The van der Waals surface area contributed by atoms with Gasteiger partial charge < -0.3 is 13.9 Å². The number of rotatable bonds is 8. The summed E-state index contributed by atoms with van der Waals surface area (Å²) in [4.78, 5) is 7.73.